The monoisotopic (exact) mass is 372 g/mol. The van der Waals surface area contributed by atoms with E-state index < -0.39 is 5.41 Å². The van der Waals surface area contributed by atoms with Crippen LogP contribution in [0.4, 0.5) is 11.4 Å². The number of carbonyl (C=O) groups is 2. The van der Waals surface area contributed by atoms with Crippen LogP contribution in [0.2, 0.25) is 5.02 Å². The molecule has 1 aliphatic heterocycles. The van der Waals surface area contributed by atoms with Crippen LogP contribution < -0.4 is 15.0 Å². The van der Waals surface area contributed by atoms with Crippen LogP contribution in [0.1, 0.15) is 31.1 Å². The van der Waals surface area contributed by atoms with Gasteiger partial charge in [-0.25, -0.2) is 0 Å². The maximum Gasteiger partial charge on any atom is 0.255 e. The number of anilines is 2. The molecule has 0 saturated heterocycles. The first-order chi connectivity index (χ1) is 12.3. The Balaban J connectivity index is 1.88. The van der Waals surface area contributed by atoms with E-state index in [2.05, 4.69) is 5.32 Å². The minimum Gasteiger partial charge on any atom is -0.490 e. The summed E-state index contributed by atoms with van der Waals surface area (Å²) < 4.78 is 5.88. The maximum absolute atomic E-state index is 12.7. The zero-order valence-electron chi connectivity index (χ0n) is 15.0. The van der Waals surface area contributed by atoms with Gasteiger partial charge in [-0.2, -0.15) is 0 Å². The largest absolute Gasteiger partial charge is 0.490 e. The lowest BCUT2D eigenvalue weighted by Gasteiger charge is -2.26. The summed E-state index contributed by atoms with van der Waals surface area (Å²) in [5, 5.41) is 3.34. The van der Waals surface area contributed by atoms with Gasteiger partial charge in [0.25, 0.3) is 5.91 Å². The van der Waals surface area contributed by atoms with Gasteiger partial charge in [0.1, 0.15) is 12.4 Å². The molecule has 1 heterocycles. The SMILES string of the molecule is CCN1C(=O)C(C)(C)COc2cc(NC(=O)c3cccc(Cl)c3)ccc21. The summed E-state index contributed by atoms with van der Waals surface area (Å²) >= 11 is 5.94. The Morgan fingerprint density at radius 3 is 2.73 bits per heavy atom. The van der Waals surface area contributed by atoms with Crippen LogP contribution in [0.15, 0.2) is 42.5 Å². The number of nitrogens with zero attached hydrogens (tertiary/aromatic N) is 1. The lowest BCUT2D eigenvalue weighted by molar-refractivity contribution is -0.127. The van der Waals surface area contributed by atoms with Crippen LogP contribution in [0.5, 0.6) is 5.75 Å². The van der Waals surface area contributed by atoms with Crippen molar-refractivity contribution in [3.05, 3.63) is 53.1 Å². The fourth-order valence-corrected chi connectivity index (χ4v) is 3.06. The zero-order chi connectivity index (χ0) is 18.9. The van der Waals surface area contributed by atoms with E-state index in [-0.39, 0.29) is 18.4 Å². The lowest BCUT2D eigenvalue weighted by atomic mass is 9.93. The number of hydrogen-bond donors (Lipinski definition) is 1. The topological polar surface area (TPSA) is 58.6 Å². The minimum atomic E-state index is -0.612. The van der Waals surface area contributed by atoms with Gasteiger partial charge in [-0.3, -0.25) is 9.59 Å². The average Bonchev–Trinajstić information content (AvgIpc) is 2.70. The van der Waals surface area contributed by atoms with E-state index in [1.165, 1.54) is 0 Å². The lowest BCUT2D eigenvalue weighted by Crippen LogP contribution is -2.42. The van der Waals surface area contributed by atoms with Crippen LogP contribution >= 0.6 is 11.6 Å². The van der Waals surface area contributed by atoms with Crippen molar-refractivity contribution in [1.82, 2.24) is 0 Å². The number of hydrogen-bond acceptors (Lipinski definition) is 3. The van der Waals surface area contributed by atoms with Crippen LogP contribution in [-0.4, -0.2) is 25.0 Å². The molecule has 0 saturated carbocycles. The number of fused-ring (bicyclic) bond motifs is 1. The van der Waals surface area contributed by atoms with Crippen molar-refractivity contribution in [2.24, 2.45) is 5.41 Å². The molecule has 0 radical (unpaired) electrons. The molecule has 0 atom stereocenters. The van der Waals surface area contributed by atoms with E-state index in [1.54, 1.807) is 47.4 Å². The normalized spacial score (nSPS) is 15.7. The molecule has 6 heteroatoms. The highest BCUT2D eigenvalue weighted by molar-refractivity contribution is 6.31. The second kappa shape index (κ2) is 7.00. The third-order valence-electron chi connectivity index (χ3n) is 4.32. The molecule has 1 aliphatic rings. The van der Waals surface area contributed by atoms with Crippen LogP contribution in [0, 0.1) is 5.41 Å². The molecule has 0 bridgehead atoms. The number of rotatable bonds is 3. The average molecular weight is 373 g/mol. The zero-order valence-corrected chi connectivity index (χ0v) is 15.8. The molecule has 1 N–H and O–H groups in total. The number of carbonyl (C=O) groups excluding carboxylic acids is 2. The van der Waals surface area contributed by atoms with E-state index in [4.69, 9.17) is 16.3 Å². The Morgan fingerprint density at radius 1 is 1.27 bits per heavy atom. The van der Waals surface area contributed by atoms with Gasteiger partial charge >= 0.3 is 0 Å². The first kappa shape index (κ1) is 18.3. The Bertz CT molecular complexity index is 864. The second-order valence-electron chi connectivity index (χ2n) is 6.87. The van der Waals surface area contributed by atoms with Gasteiger partial charge in [-0.15, -0.1) is 0 Å². The third-order valence-corrected chi connectivity index (χ3v) is 4.56. The second-order valence-corrected chi connectivity index (χ2v) is 7.31. The third kappa shape index (κ3) is 3.53. The van der Waals surface area contributed by atoms with Gasteiger partial charge in [-0.1, -0.05) is 17.7 Å². The highest BCUT2D eigenvalue weighted by Gasteiger charge is 2.37. The molecule has 26 heavy (non-hydrogen) atoms. The minimum absolute atomic E-state index is 0.0227. The molecular weight excluding hydrogens is 352 g/mol. The summed E-state index contributed by atoms with van der Waals surface area (Å²) in [4.78, 5) is 26.8. The van der Waals surface area contributed by atoms with Crippen molar-refractivity contribution in [3.63, 3.8) is 0 Å². The van der Waals surface area contributed by atoms with E-state index in [9.17, 15) is 9.59 Å². The van der Waals surface area contributed by atoms with E-state index in [0.717, 1.165) is 0 Å². The molecule has 0 spiro atoms. The number of amides is 2. The van der Waals surface area contributed by atoms with Crippen LogP contribution in [0.3, 0.4) is 0 Å². The Labute approximate surface area is 157 Å². The molecule has 5 nitrogen and oxygen atoms in total. The molecule has 0 fully saturated rings. The summed E-state index contributed by atoms with van der Waals surface area (Å²) in [5.74, 6) is 0.342. The van der Waals surface area contributed by atoms with Gasteiger partial charge in [0.05, 0.1) is 11.1 Å². The van der Waals surface area contributed by atoms with Gasteiger partial charge < -0.3 is 15.0 Å². The number of ether oxygens (including phenoxy) is 1. The van der Waals surface area contributed by atoms with Gasteiger partial charge in [0.2, 0.25) is 5.91 Å². The van der Waals surface area contributed by atoms with Crippen molar-refractivity contribution in [2.45, 2.75) is 20.8 Å². The molecule has 2 aromatic carbocycles. The van der Waals surface area contributed by atoms with Crippen molar-refractivity contribution < 1.29 is 14.3 Å². The fourth-order valence-electron chi connectivity index (χ4n) is 2.87. The first-order valence-electron chi connectivity index (χ1n) is 8.47. The Kier molecular flexibility index (Phi) is 4.92. The molecule has 2 aromatic rings. The van der Waals surface area contributed by atoms with Crippen molar-refractivity contribution in [1.29, 1.82) is 0 Å². The van der Waals surface area contributed by atoms with E-state index in [1.807, 2.05) is 20.8 Å². The van der Waals surface area contributed by atoms with Crippen molar-refractivity contribution >= 4 is 34.8 Å². The van der Waals surface area contributed by atoms with E-state index in [0.29, 0.717) is 34.3 Å². The summed E-state index contributed by atoms with van der Waals surface area (Å²) in [7, 11) is 0. The smallest absolute Gasteiger partial charge is 0.255 e. The number of benzene rings is 2. The first-order valence-corrected chi connectivity index (χ1v) is 8.85. The molecule has 136 valence electrons. The molecule has 2 amide bonds. The molecule has 0 aromatic heterocycles. The fraction of sp³-hybridized carbons (Fsp3) is 0.300. The molecular formula is C20H21ClN2O3. The van der Waals surface area contributed by atoms with Crippen LogP contribution in [-0.2, 0) is 4.79 Å². The van der Waals surface area contributed by atoms with Crippen LogP contribution in [0.25, 0.3) is 0 Å². The predicted octanol–water partition coefficient (Wildman–Crippen LogP) is 4.36. The number of nitrogens with one attached hydrogen (secondary N) is 1. The quantitative estimate of drug-likeness (QED) is 0.870. The van der Waals surface area contributed by atoms with Gasteiger partial charge in [0, 0.05) is 28.9 Å². The highest BCUT2D eigenvalue weighted by atomic mass is 35.5. The highest BCUT2D eigenvalue weighted by Crippen LogP contribution is 2.38. The van der Waals surface area contributed by atoms with E-state index >= 15 is 0 Å². The van der Waals surface area contributed by atoms with Crippen molar-refractivity contribution in [2.75, 3.05) is 23.4 Å². The summed E-state index contributed by atoms with van der Waals surface area (Å²) in [5.41, 5.74) is 1.17. The Hall–Kier alpha value is -2.53. The molecule has 0 unspecified atom stereocenters. The maximum atomic E-state index is 12.7. The van der Waals surface area contributed by atoms with Crippen molar-refractivity contribution in [3.8, 4) is 5.75 Å². The number of halogens is 1. The van der Waals surface area contributed by atoms with Gasteiger partial charge in [0.15, 0.2) is 0 Å². The predicted molar refractivity (Wildman–Crippen MR) is 103 cm³/mol. The molecule has 3 rings (SSSR count). The summed E-state index contributed by atoms with van der Waals surface area (Å²) in [6, 6.07) is 12.1. The molecule has 0 aliphatic carbocycles. The summed E-state index contributed by atoms with van der Waals surface area (Å²) in [6.07, 6.45) is 0. The van der Waals surface area contributed by atoms with Gasteiger partial charge in [-0.05, 0) is 51.1 Å². The standard InChI is InChI=1S/C20H21ClN2O3/c1-4-23-16-9-8-15(11-17(16)26-12-20(2,3)19(23)25)22-18(24)13-6-5-7-14(21)10-13/h5-11H,4,12H2,1-3H3,(H,22,24). The Morgan fingerprint density at radius 2 is 2.04 bits per heavy atom. The summed E-state index contributed by atoms with van der Waals surface area (Å²) in [6.45, 7) is 6.49.